The number of ether oxygens (including phenoxy) is 1. The highest BCUT2D eigenvalue weighted by atomic mass is 32.1. The van der Waals surface area contributed by atoms with Gasteiger partial charge in [0.1, 0.15) is 12.1 Å². The number of amides is 2. The van der Waals surface area contributed by atoms with Gasteiger partial charge in [0.05, 0.1) is 6.54 Å². The predicted molar refractivity (Wildman–Crippen MR) is 116 cm³/mol. The van der Waals surface area contributed by atoms with Gasteiger partial charge >= 0.3 is 6.09 Å². The SMILES string of the molecule is CN(C)C(=O)CN=C(NCc1cccs1)NC1CCCN(C(=O)OC(C)(C)C)C1. The van der Waals surface area contributed by atoms with Gasteiger partial charge < -0.3 is 25.2 Å². The summed E-state index contributed by atoms with van der Waals surface area (Å²) in [5.41, 5.74) is -0.515. The first-order chi connectivity index (χ1) is 13.6. The average Bonchev–Trinajstić information content (AvgIpc) is 3.16. The first-order valence-corrected chi connectivity index (χ1v) is 10.8. The molecule has 1 aliphatic heterocycles. The lowest BCUT2D eigenvalue weighted by atomic mass is 10.1. The molecule has 29 heavy (non-hydrogen) atoms. The van der Waals surface area contributed by atoms with E-state index in [1.165, 1.54) is 9.78 Å². The molecule has 1 unspecified atom stereocenters. The number of likely N-dealkylation sites (N-methyl/N-ethyl adjacent to an activating group) is 1. The number of piperidine rings is 1. The summed E-state index contributed by atoms with van der Waals surface area (Å²) in [6.07, 6.45) is 1.50. The zero-order valence-electron chi connectivity index (χ0n) is 18.0. The van der Waals surface area contributed by atoms with E-state index in [0.717, 1.165) is 12.8 Å². The number of nitrogens with zero attached hydrogens (tertiary/aromatic N) is 3. The summed E-state index contributed by atoms with van der Waals surface area (Å²) >= 11 is 1.66. The fraction of sp³-hybridized carbons (Fsp3) is 0.650. The number of hydrogen-bond donors (Lipinski definition) is 2. The number of guanidine groups is 1. The van der Waals surface area contributed by atoms with Crippen LogP contribution in [-0.4, -0.2) is 73.1 Å². The maximum absolute atomic E-state index is 12.4. The third kappa shape index (κ3) is 8.31. The largest absolute Gasteiger partial charge is 0.444 e. The Labute approximate surface area is 177 Å². The van der Waals surface area contributed by atoms with Crippen molar-refractivity contribution in [2.45, 2.75) is 51.8 Å². The van der Waals surface area contributed by atoms with E-state index < -0.39 is 5.60 Å². The van der Waals surface area contributed by atoms with Gasteiger partial charge in [0, 0.05) is 38.1 Å². The lowest BCUT2D eigenvalue weighted by Gasteiger charge is -2.35. The molecule has 1 saturated heterocycles. The Morgan fingerprint density at radius 2 is 2.14 bits per heavy atom. The second-order valence-electron chi connectivity index (χ2n) is 8.30. The molecule has 1 fully saturated rings. The Bertz CT molecular complexity index is 697. The lowest BCUT2D eigenvalue weighted by Crippen LogP contribution is -2.53. The fourth-order valence-electron chi connectivity index (χ4n) is 2.81. The molecule has 1 aromatic rings. The van der Waals surface area contributed by atoms with Crippen LogP contribution in [0.1, 0.15) is 38.5 Å². The van der Waals surface area contributed by atoms with E-state index in [-0.39, 0.29) is 24.6 Å². The molecule has 0 spiro atoms. The van der Waals surface area contributed by atoms with Crippen molar-refractivity contribution in [3.05, 3.63) is 22.4 Å². The molecule has 9 heteroatoms. The van der Waals surface area contributed by atoms with Crippen LogP contribution in [0.15, 0.2) is 22.5 Å². The minimum atomic E-state index is -0.515. The molecule has 162 valence electrons. The third-order valence-corrected chi connectivity index (χ3v) is 5.17. The summed E-state index contributed by atoms with van der Waals surface area (Å²) in [7, 11) is 3.42. The zero-order chi connectivity index (χ0) is 21.4. The monoisotopic (exact) mass is 423 g/mol. The van der Waals surface area contributed by atoms with Crippen molar-refractivity contribution in [2.75, 3.05) is 33.7 Å². The second-order valence-corrected chi connectivity index (χ2v) is 9.33. The molecule has 8 nitrogen and oxygen atoms in total. The van der Waals surface area contributed by atoms with Gasteiger partial charge in [0.2, 0.25) is 5.91 Å². The normalized spacial score (nSPS) is 17.6. The number of aliphatic imine (C=N–C) groups is 1. The third-order valence-electron chi connectivity index (χ3n) is 4.30. The van der Waals surface area contributed by atoms with E-state index >= 15 is 0 Å². The number of nitrogens with one attached hydrogen (secondary N) is 2. The molecule has 1 atom stereocenters. The van der Waals surface area contributed by atoms with Crippen molar-refractivity contribution in [2.24, 2.45) is 4.99 Å². The molecule has 1 aliphatic rings. The van der Waals surface area contributed by atoms with Gasteiger partial charge in [-0.15, -0.1) is 11.3 Å². The molecule has 0 saturated carbocycles. The zero-order valence-corrected chi connectivity index (χ0v) is 18.8. The van der Waals surface area contributed by atoms with Crippen molar-refractivity contribution in [1.29, 1.82) is 0 Å². The molecule has 0 bridgehead atoms. The molecule has 0 radical (unpaired) electrons. The minimum absolute atomic E-state index is 0.0420. The molecule has 2 heterocycles. The Morgan fingerprint density at radius 3 is 2.76 bits per heavy atom. The van der Waals surface area contributed by atoms with Gasteiger partial charge in [0.25, 0.3) is 0 Å². The van der Waals surface area contributed by atoms with Crippen LogP contribution in [0.2, 0.25) is 0 Å². The maximum atomic E-state index is 12.4. The van der Waals surface area contributed by atoms with Crippen LogP contribution in [0, 0.1) is 0 Å². The maximum Gasteiger partial charge on any atom is 0.410 e. The fourth-order valence-corrected chi connectivity index (χ4v) is 3.45. The standard InChI is InChI=1S/C20H33N5O3S/c1-20(2,3)28-19(27)25-10-6-8-15(14-25)23-18(22-13-17(26)24(4)5)21-12-16-9-7-11-29-16/h7,9,11,15H,6,8,10,12-14H2,1-5H3,(H2,21,22,23). The van der Waals surface area contributed by atoms with Crippen LogP contribution in [-0.2, 0) is 16.1 Å². The molecular formula is C20H33N5O3S. The number of hydrogen-bond acceptors (Lipinski definition) is 5. The number of carbonyl (C=O) groups is 2. The van der Waals surface area contributed by atoms with Gasteiger partial charge in [-0.2, -0.15) is 0 Å². The topological polar surface area (TPSA) is 86.3 Å². The van der Waals surface area contributed by atoms with Gasteiger partial charge in [0.15, 0.2) is 5.96 Å². The van der Waals surface area contributed by atoms with Crippen LogP contribution in [0.5, 0.6) is 0 Å². The Balaban J connectivity index is 1.99. The Kier molecular flexibility index (Phi) is 8.31. The number of carbonyl (C=O) groups excluding carboxylic acids is 2. The van der Waals surface area contributed by atoms with Crippen molar-refractivity contribution >= 4 is 29.3 Å². The molecule has 0 aliphatic carbocycles. The van der Waals surface area contributed by atoms with E-state index in [4.69, 9.17) is 4.74 Å². The minimum Gasteiger partial charge on any atom is -0.444 e. The highest BCUT2D eigenvalue weighted by Gasteiger charge is 2.28. The molecule has 0 aromatic carbocycles. The molecule has 2 rings (SSSR count). The van der Waals surface area contributed by atoms with Crippen LogP contribution in [0.3, 0.4) is 0 Å². The number of rotatable bonds is 5. The number of thiophene rings is 1. The van der Waals surface area contributed by atoms with Crippen molar-refractivity contribution in [1.82, 2.24) is 20.4 Å². The first-order valence-electron chi connectivity index (χ1n) is 9.89. The smallest absolute Gasteiger partial charge is 0.410 e. The molecule has 2 amide bonds. The summed E-state index contributed by atoms with van der Waals surface area (Å²) in [6.45, 7) is 7.51. The number of likely N-dealkylation sites (tertiary alicyclic amines) is 1. The van der Waals surface area contributed by atoms with E-state index in [0.29, 0.717) is 25.6 Å². The van der Waals surface area contributed by atoms with Crippen molar-refractivity contribution in [3.8, 4) is 0 Å². The molecular weight excluding hydrogens is 390 g/mol. The van der Waals surface area contributed by atoms with Gasteiger partial charge in [-0.05, 0) is 45.1 Å². The van der Waals surface area contributed by atoms with Gasteiger partial charge in [-0.1, -0.05) is 6.07 Å². The highest BCUT2D eigenvalue weighted by Crippen LogP contribution is 2.15. The molecule has 1 aromatic heterocycles. The second kappa shape index (κ2) is 10.5. The Hall–Kier alpha value is -2.29. The van der Waals surface area contributed by atoms with Crippen LogP contribution >= 0.6 is 11.3 Å². The Morgan fingerprint density at radius 1 is 1.38 bits per heavy atom. The van der Waals surface area contributed by atoms with E-state index in [9.17, 15) is 9.59 Å². The average molecular weight is 424 g/mol. The highest BCUT2D eigenvalue weighted by molar-refractivity contribution is 7.09. The first kappa shape index (κ1) is 23.0. The molecule has 2 N–H and O–H groups in total. The summed E-state index contributed by atoms with van der Waals surface area (Å²) in [4.78, 5) is 33.2. The van der Waals surface area contributed by atoms with Crippen LogP contribution in [0.25, 0.3) is 0 Å². The summed E-state index contributed by atoms with van der Waals surface area (Å²) in [5.74, 6) is 0.505. The van der Waals surface area contributed by atoms with Gasteiger partial charge in [-0.25, -0.2) is 9.79 Å². The summed E-state index contributed by atoms with van der Waals surface area (Å²) in [6, 6.07) is 4.09. The lowest BCUT2D eigenvalue weighted by molar-refractivity contribution is -0.127. The summed E-state index contributed by atoms with van der Waals surface area (Å²) in [5, 5.41) is 8.70. The summed E-state index contributed by atoms with van der Waals surface area (Å²) < 4.78 is 5.50. The quantitative estimate of drug-likeness (QED) is 0.560. The van der Waals surface area contributed by atoms with Crippen LogP contribution < -0.4 is 10.6 Å². The van der Waals surface area contributed by atoms with E-state index in [2.05, 4.69) is 15.6 Å². The van der Waals surface area contributed by atoms with E-state index in [1.807, 2.05) is 38.3 Å². The van der Waals surface area contributed by atoms with Crippen molar-refractivity contribution < 1.29 is 14.3 Å². The van der Waals surface area contributed by atoms with Gasteiger partial charge in [-0.3, -0.25) is 4.79 Å². The predicted octanol–water partition coefficient (Wildman–Crippen LogP) is 2.27. The van der Waals surface area contributed by atoms with E-state index in [1.54, 1.807) is 30.3 Å². The van der Waals surface area contributed by atoms with Crippen molar-refractivity contribution in [3.63, 3.8) is 0 Å². The van der Waals surface area contributed by atoms with Crippen LogP contribution in [0.4, 0.5) is 4.79 Å².